The van der Waals surface area contributed by atoms with Crippen LogP contribution in [0.5, 0.6) is 5.75 Å². The van der Waals surface area contributed by atoms with Crippen molar-refractivity contribution in [1.29, 1.82) is 0 Å². The number of nitrogens with zero attached hydrogens (tertiary/aromatic N) is 5. The fraction of sp³-hybridized carbons (Fsp3) is 0.394. The molecule has 0 aromatic heterocycles. The van der Waals surface area contributed by atoms with Crippen LogP contribution in [0.3, 0.4) is 0 Å². The van der Waals surface area contributed by atoms with Gasteiger partial charge in [0.15, 0.2) is 0 Å². The van der Waals surface area contributed by atoms with Gasteiger partial charge >= 0.3 is 6.03 Å². The van der Waals surface area contributed by atoms with Gasteiger partial charge in [-0.05, 0) is 54.4 Å². The third-order valence-corrected chi connectivity index (χ3v) is 11.4. The number of ether oxygens (including phenoxy) is 1. The molecule has 15 heteroatoms. The van der Waals surface area contributed by atoms with Crippen LogP contribution in [0.25, 0.3) is 0 Å². The number of hydrogen-bond acceptors (Lipinski definition) is 7. The molecule has 3 aromatic carbocycles. The van der Waals surface area contributed by atoms with E-state index in [0.29, 0.717) is 65.7 Å². The average molecular weight is 757 g/mol. The van der Waals surface area contributed by atoms with Crippen LogP contribution in [0.1, 0.15) is 35.7 Å². The fourth-order valence-electron chi connectivity index (χ4n) is 5.76. The van der Waals surface area contributed by atoms with Crippen molar-refractivity contribution >= 4 is 68.3 Å². The maximum Gasteiger partial charge on any atom is 0.326 e. The van der Waals surface area contributed by atoms with E-state index in [2.05, 4.69) is 4.90 Å². The van der Waals surface area contributed by atoms with E-state index in [9.17, 15) is 17.4 Å². The Balaban J connectivity index is 0.00000520. The van der Waals surface area contributed by atoms with Crippen LogP contribution >= 0.6 is 35.6 Å². The lowest BCUT2D eigenvalue weighted by atomic mass is 9.93. The van der Waals surface area contributed by atoms with E-state index in [1.165, 1.54) is 26.2 Å². The van der Waals surface area contributed by atoms with E-state index < -0.39 is 32.9 Å². The van der Waals surface area contributed by atoms with Crippen LogP contribution in [0.2, 0.25) is 10.0 Å². The van der Waals surface area contributed by atoms with Gasteiger partial charge in [-0.15, -0.1) is 12.4 Å². The topological polar surface area (TPSA) is 103 Å². The summed E-state index contributed by atoms with van der Waals surface area (Å²) in [6, 6.07) is 18.1. The van der Waals surface area contributed by atoms with Gasteiger partial charge in [-0.1, -0.05) is 47.5 Å². The van der Waals surface area contributed by atoms with E-state index in [4.69, 9.17) is 32.9 Å². The molecule has 2 aliphatic heterocycles. The van der Waals surface area contributed by atoms with Crippen molar-refractivity contribution in [2.24, 2.45) is 4.99 Å². The molecule has 3 aromatic rings. The third kappa shape index (κ3) is 8.35. The first-order valence-corrected chi connectivity index (χ1v) is 19.2. The molecule has 3 atom stereocenters. The monoisotopic (exact) mass is 755 g/mol. The van der Waals surface area contributed by atoms with E-state index in [0.717, 1.165) is 15.4 Å². The summed E-state index contributed by atoms with van der Waals surface area (Å²) in [5.41, 5.74) is 2.18. The number of halogens is 3. The van der Waals surface area contributed by atoms with Crippen molar-refractivity contribution in [2.75, 3.05) is 65.4 Å². The Morgan fingerprint density at radius 3 is 2.08 bits per heavy atom. The first kappa shape index (κ1) is 38.1. The normalized spacial score (nSPS) is 19.2. The highest BCUT2D eigenvalue weighted by Crippen LogP contribution is 2.45. The summed E-state index contributed by atoms with van der Waals surface area (Å²) in [5, 5.41) is 1.14. The Labute approximate surface area is 301 Å². The summed E-state index contributed by atoms with van der Waals surface area (Å²) in [4.78, 5) is 25.7. The molecule has 1 unspecified atom stereocenters. The van der Waals surface area contributed by atoms with Gasteiger partial charge in [0.05, 0.1) is 23.1 Å². The van der Waals surface area contributed by atoms with E-state index in [1.807, 2.05) is 36.1 Å². The lowest BCUT2D eigenvalue weighted by molar-refractivity contribution is 0.122. The van der Waals surface area contributed by atoms with Crippen LogP contribution in [0, 0.1) is 0 Å². The van der Waals surface area contributed by atoms with Gasteiger partial charge in [0.2, 0.25) is 10.0 Å². The number of carbonyl (C=O) groups excluding carboxylic acids is 1. The minimum absolute atomic E-state index is 0. The molecule has 0 spiro atoms. The number of amidine groups is 1. The molecule has 0 bridgehead atoms. The molecular weight excluding hydrogens is 717 g/mol. The fourth-order valence-corrected chi connectivity index (χ4v) is 7.45. The van der Waals surface area contributed by atoms with Crippen molar-refractivity contribution in [3.8, 4) is 5.75 Å². The summed E-state index contributed by atoms with van der Waals surface area (Å²) in [6.45, 7) is 5.05. The summed E-state index contributed by atoms with van der Waals surface area (Å²) < 4.78 is 45.0. The Morgan fingerprint density at radius 2 is 1.54 bits per heavy atom. The van der Waals surface area contributed by atoms with Crippen molar-refractivity contribution in [3.63, 3.8) is 0 Å². The molecule has 48 heavy (non-hydrogen) atoms. The predicted octanol–water partition coefficient (Wildman–Crippen LogP) is 5.73. The second kappa shape index (κ2) is 16.3. The molecule has 5 rings (SSSR count). The number of aliphatic imine (C=N–C) groups is 1. The smallest absolute Gasteiger partial charge is 0.326 e. The highest BCUT2D eigenvalue weighted by molar-refractivity contribution is 7.89. The standard InChI is InChI=1S/C33H39Cl2N5O5S2.ClH/c1-5-45-29-22-27(47(43,44)37(2)3)14-15-28(29)32-36-30(23-6-10-25(34)11-7-23)31(24-8-12-26(35)13-9-24)40(32)33(41)39-18-16-38(17-19-39)20-21-46(4)42;/h6-15,22,30-31H,5,16-21H2,1-4H3;1H/t30-,31+,46?;/m0./s1. The molecule has 0 saturated carbocycles. The number of rotatable bonds is 10. The molecule has 2 aliphatic rings. The zero-order chi connectivity index (χ0) is 33.9. The van der Waals surface area contributed by atoms with Crippen LogP contribution in [-0.4, -0.2) is 109 Å². The number of urea groups is 1. The molecule has 1 saturated heterocycles. The van der Waals surface area contributed by atoms with Crippen molar-refractivity contribution < 1.29 is 22.2 Å². The average Bonchev–Trinajstić information content (AvgIpc) is 3.44. The van der Waals surface area contributed by atoms with E-state index in [1.54, 1.807) is 41.5 Å². The highest BCUT2D eigenvalue weighted by Gasteiger charge is 2.45. The molecule has 260 valence electrons. The summed E-state index contributed by atoms with van der Waals surface area (Å²) in [5.74, 6) is 1.25. The summed E-state index contributed by atoms with van der Waals surface area (Å²) in [6.07, 6.45) is 1.70. The molecule has 2 amide bonds. The van der Waals surface area contributed by atoms with E-state index in [-0.39, 0.29) is 29.9 Å². The molecule has 0 N–H and O–H groups in total. The first-order valence-electron chi connectivity index (χ1n) is 15.3. The molecular formula is C33H40Cl3N5O5S2. The van der Waals surface area contributed by atoms with Gasteiger partial charge in [0, 0.05) is 85.7 Å². The number of piperazine rings is 1. The Kier molecular flexibility index (Phi) is 13.0. The summed E-state index contributed by atoms with van der Waals surface area (Å²) >= 11 is 12.6. The van der Waals surface area contributed by atoms with Gasteiger partial charge in [-0.25, -0.2) is 17.5 Å². The minimum atomic E-state index is -3.76. The first-order chi connectivity index (χ1) is 22.4. The zero-order valence-electron chi connectivity index (χ0n) is 27.2. The van der Waals surface area contributed by atoms with Crippen LogP contribution in [0.15, 0.2) is 76.6 Å². The van der Waals surface area contributed by atoms with Crippen molar-refractivity contribution in [2.45, 2.75) is 23.9 Å². The molecule has 1 fully saturated rings. The number of carbonyl (C=O) groups is 1. The van der Waals surface area contributed by atoms with Crippen LogP contribution in [0.4, 0.5) is 4.79 Å². The number of benzene rings is 3. The number of sulfonamides is 1. The van der Waals surface area contributed by atoms with Gasteiger partial charge < -0.3 is 9.64 Å². The van der Waals surface area contributed by atoms with Gasteiger partial charge in [0.25, 0.3) is 0 Å². The van der Waals surface area contributed by atoms with Crippen molar-refractivity contribution in [1.82, 2.24) is 19.0 Å². The number of amides is 2. The molecule has 10 nitrogen and oxygen atoms in total. The SMILES string of the molecule is CCOc1cc(S(=O)(=O)N(C)C)ccc1C1=N[C@@H](c2ccc(Cl)cc2)[C@@H](c2ccc(Cl)cc2)N1C(=O)N1CCN(CCS(C)=O)CC1.Cl. The molecule has 0 radical (unpaired) electrons. The third-order valence-electron chi connectivity index (χ3n) is 8.31. The molecule has 2 heterocycles. The van der Waals surface area contributed by atoms with Gasteiger partial charge in [-0.2, -0.15) is 0 Å². The van der Waals surface area contributed by atoms with Crippen molar-refractivity contribution in [3.05, 3.63) is 93.5 Å². The lowest BCUT2D eigenvalue weighted by Crippen LogP contribution is -2.54. The maximum atomic E-state index is 14.7. The zero-order valence-corrected chi connectivity index (χ0v) is 31.2. The van der Waals surface area contributed by atoms with E-state index >= 15 is 0 Å². The second-order valence-corrected chi connectivity index (χ2v) is 16.2. The maximum absolute atomic E-state index is 14.7. The van der Waals surface area contributed by atoms with Gasteiger partial charge in [0.1, 0.15) is 17.6 Å². The number of hydrogen-bond donors (Lipinski definition) is 0. The summed E-state index contributed by atoms with van der Waals surface area (Å²) in [7, 11) is -1.71. The molecule has 0 aliphatic carbocycles. The Morgan fingerprint density at radius 1 is 0.958 bits per heavy atom. The van der Waals surface area contributed by atoms with Crippen LogP contribution < -0.4 is 4.74 Å². The Bertz CT molecular complexity index is 1750. The lowest BCUT2D eigenvalue weighted by Gasteiger charge is -2.39. The highest BCUT2D eigenvalue weighted by atomic mass is 35.5. The predicted molar refractivity (Wildman–Crippen MR) is 195 cm³/mol. The van der Waals surface area contributed by atoms with Gasteiger partial charge in [-0.3, -0.25) is 19.0 Å². The second-order valence-electron chi connectivity index (χ2n) is 11.6. The quantitative estimate of drug-likeness (QED) is 0.262. The van der Waals surface area contributed by atoms with Crippen LogP contribution in [-0.2, 0) is 20.8 Å². The Hall–Kier alpha value is -2.71. The largest absolute Gasteiger partial charge is 0.493 e. The minimum Gasteiger partial charge on any atom is -0.493 e.